The van der Waals surface area contributed by atoms with Crippen molar-refractivity contribution in [2.75, 3.05) is 46.7 Å². The molecule has 2 N–H and O–H groups in total. The summed E-state index contributed by atoms with van der Waals surface area (Å²) >= 11 is 0. The molecule has 5 amide bonds. The van der Waals surface area contributed by atoms with E-state index in [0.717, 1.165) is 39.1 Å². The number of hydrogen-bond acceptors (Lipinski definition) is 6. The quantitative estimate of drug-likeness (QED) is 0.336. The molecule has 5 rings (SSSR count). The van der Waals surface area contributed by atoms with Gasteiger partial charge in [0.05, 0.1) is 7.11 Å². The number of rotatable bonds is 9. The van der Waals surface area contributed by atoms with E-state index in [-0.39, 0.29) is 24.3 Å². The monoisotopic (exact) mass is 629 g/mol. The first-order valence-corrected chi connectivity index (χ1v) is 15.3. The number of urea groups is 1. The fourth-order valence-corrected chi connectivity index (χ4v) is 6.36. The van der Waals surface area contributed by atoms with Gasteiger partial charge in [0.15, 0.2) is 0 Å². The molecule has 2 fully saturated rings. The van der Waals surface area contributed by atoms with Crippen LogP contribution in [-0.4, -0.2) is 85.8 Å². The summed E-state index contributed by atoms with van der Waals surface area (Å²) < 4.78 is 21.4. The fraction of sp³-hybridized carbons (Fsp3) is 0.371. The van der Waals surface area contributed by atoms with E-state index in [1.807, 2.05) is 62.2 Å². The van der Waals surface area contributed by atoms with E-state index in [4.69, 9.17) is 4.74 Å². The van der Waals surface area contributed by atoms with Gasteiger partial charge in [-0.2, -0.15) is 0 Å². The molecule has 0 spiro atoms. The van der Waals surface area contributed by atoms with E-state index in [1.165, 1.54) is 25.1 Å². The molecule has 46 heavy (non-hydrogen) atoms. The number of nitrogens with one attached hydrogen (secondary N) is 2. The van der Waals surface area contributed by atoms with Crippen molar-refractivity contribution >= 4 is 29.4 Å². The summed E-state index contributed by atoms with van der Waals surface area (Å²) in [6, 6.07) is 14.4. The van der Waals surface area contributed by atoms with Crippen molar-refractivity contribution in [2.24, 2.45) is 5.92 Å². The Bertz CT molecular complexity index is 1710. The maximum Gasteiger partial charge on any atom is 0.326 e. The summed E-state index contributed by atoms with van der Waals surface area (Å²) in [5, 5.41) is 5.85. The van der Waals surface area contributed by atoms with Crippen LogP contribution in [0.2, 0.25) is 0 Å². The molecule has 3 aromatic carbocycles. The van der Waals surface area contributed by atoms with Crippen LogP contribution in [0.4, 0.5) is 14.9 Å². The predicted octanol–water partition coefficient (Wildman–Crippen LogP) is 4.57. The van der Waals surface area contributed by atoms with Crippen LogP contribution in [0.3, 0.4) is 0 Å². The SMILES string of the molecule is COc1cc(-c2cccc(-c3cccc(NC(=O)C4CN(C)C(=O)N(C)C4=O)c3C)c2C)cc(F)c1CN(C)C[C@H]1CCC(=O)N1. The first kappa shape index (κ1) is 32.6. The average Bonchev–Trinajstić information content (AvgIpc) is 3.43. The predicted molar refractivity (Wildman–Crippen MR) is 174 cm³/mol. The molecule has 3 aromatic rings. The molecule has 10 nitrogen and oxygen atoms in total. The Hall–Kier alpha value is -4.77. The number of ether oxygens (including phenoxy) is 1. The van der Waals surface area contributed by atoms with Gasteiger partial charge in [-0.3, -0.25) is 24.2 Å². The third-order valence-electron chi connectivity index (χ3n) is 8.96. The summed E-state index contributed by atoms with van der Waals surface area (Å²) in [6.45, 7) is 4.81. The van der Waals surface area contributed by atoms with Crippen molar-refractivity contribution < 1.29 is 28.3 Å². The number of nitrogens with zero attached hydrogens (tertiary/aromatic N) is 3. The molecule has 0 radical (unpaired) electrons. The van der Waals surface area contributed by atoms with Crippen LogP contribution in [-0.2, 0) is 20.9 Å². The van der Waals surface area contributed by atoms with Gasteiger partial charge in [0, 0.05) is 57.4 Å². The van der Waals surface area contributed by atoms with Crippen LogP contribution >= 0.6 is 0 Å². The standard InChI is InChI=1S/C35H40FN5O5/c1-20-24(22-15-29(36)27(31(16-22)46-6)18-39(3)17-23-13-14-32(42)37-23)9-7-10-25(20)26-11-8-12-30(21(26)2)38-33(43)28-19-40(4)35(45)41(5)34(28)44/h7-12,15-16,23,28H,13-14,17-19H2,1-6H3,(H,37,42)(H,38,43)/t23-,28?/m1/s1. The Labute approximate surface area is 268 Å². The second-order valence-corrected chi connectivity index (χ2v) is 12.2. The van der Waals surface area contributed by atoms with E-state index >= 15 is 4.39 Å². The van der Waals surface area contributed by atoms with Crippen LogP contribution in [0.1, 0.15) is 29.5 Å². The van der Waals surface area contributed by atoms with E-state index < -0.39 is 23.8 Å². The van der Waals surface area contributed by atoms with E-state index in [2.05, 4.69) is 10.6 Å². The number of carbonyl (C=O) groups excluding carboxylic acids is 4. The maximum absolute atomic E-state index is 15.7. The highest BCUT2D eigenvalue weighted by molar-refractivity contribution is 6.12. The van der Waals surface area contributed by atoms with E-state index in [0.29, 0.717) is 42.1 Å². The molecule has 242 valence electrons. The number of amides is 5. The molecule has 0 aromatic heterocycles. The normalized spacial score (nSPS) is 18.3. The third-order valence-corrected chi connectivity index (χ3v) is 8.96. The molecule has 2 aliphatic heterocycles. The van der Waals surface area contributed by atoms with Crippen molar-refractivity contribution in [1.29, 1.82) is 0 Å². The topological polar surface area (TPSA) is 111 Å². The molecule has 2 atom stereocenters. The van der Waals surface area contributed by atoms with Gasteiger partial charge in [0.2, 0.25) is 17.7 Å². The van der Waals surface area contributed by atoms with Crippen molar-refractivity contribution in [3.8, 4) is 28.0 Å². The van der Waals surface area contributed by atoms with Gasteiger partial charge in [-0.15, -0.1) is 0 Å². The van der Waals surface area contributed by atoms with Crippen molar-refractivity contribution in [2.45, 2.75) is 39.3 Å². The van der Waals surface area contributed by atoms with Crippen LogP contribution in [0.15, 0.2) is 48.5 Å². The highest BCUT2D eigenvalue weighted by Crippen LogP contribution is 2.38. The molecule has 1 unspecified atom stereocenters. The molecule has 2 heterocycles. The molecule has 2 aliphatic rings. The zero-order valence-electron chi connectivity index (χ0n) is 27.1. The molecular formula is C35H40FN5O5. The summed E-state index contributed by atoms with van der Waals surface area (Å²) in [6.07, 6.45) is 1.28. The highest BCUT2D eigenvalue weighted by Gasteiger charge is 2.39. The summed E-state index contributed by atoms with van der Waals surface area (Å²) in [5.74, 6) is -1.93. The summed E-state index contributed by atoms with van der Waals surface area (Å²) in [5.41, 5.74) is 6.02. The first-order chi connectivity index (χ1) is 21.9. The molecule has 2 saturated heterocycles. The van der Waals surface area contributed by atoms with Crippen molar-refractivity contribution in [3.63, 3.8) is 0 Å². The number of benzene rings is 3. The number of hydrogen-bond donors (Lipinski definition) is 2. The Morgan fingerprint density at radius 3 is 2.39 bits per heavy atom. The summed E-state index contributed by atoms with van der Waals surface area (Å²) in [7, 11) is 6.35. The largest absolute Gasteiger partial charge is 0.496 e. The third kappa shape index (κ3) is 6.46. The first-order valence-electron chi connectivity index (χ1n) is 15.3. The van der Waals surface area contributed by atoms with Gasteiger partial charge in [-0.1, -0.05) is 30.3 Å². The minimum Gasteiger partial charge on any atom is -0.496 e. The lowest BCUT2D eigenvalue weighted by molar-refractivity contribution is -0.140. The molecule has 0 bridgehead atoms. The zero-order valence-corrected chi connectivity index (χ0v) is 27.1. The lowest BCUT2D eigenvalue weighted by atomic mass is 9.90. The van der Waals surface area contributed by atoms with Crippen LogP contribution in [0.25, 0.3) is 22.3 Å². The van der Waals surface area contributed by atoms with Gasteiger partial charge in [-0.05, 0) is 78.9 Å². The highest BCUT2D eigenvalue weighted by atomic mass is 19.1. The Morgan fingerprint density at radius 1 is 1.04 bits per heavy atom. The van der Waals surface area contributed by atoms with Gasteiger partial charge in [-0.25, -0.2) is 9.18 Å². The smallest absolute Gasteiger partial charge is 0.326 e. The molecule has 0 aliphatic carbocycles. The molecular weight excluding hydrogens is 589 g/mol. The van der Waals surface area contributed by atoms with Gasteiger partial charge >= 0.3 is 6.03 Å². The van der Waals surface area contributed by atoms with Crippen LogP contribution in [0.5, 0.6) is 5.75 Å². The number of likely N-dealkylation sites (N-methyl/N-ethyl adjacent to an activating group) is 1. The maximum atomic E-state index is 15.7. The lowest BCUT2D eigenvalue weighted by Crippen LogP contribution is -2.56. The number of halogens is 1. The Kier molecular flexibility index (Phi) is 9.43. The van der Waals surface area contributed by atoms with E-state index in [1.54, 1.807) is 13.1 Å². The Balaban J connectivity index is 1.40. The summed E-state index contributed by atoms with van der Waals surface area (Å²) in [4.78, 5) is 53.9. The lowest BCUT2D eigenvalue weighted by Gasteiger charge is -2.33. The fourth-order valence-electron chi connectivity index (χ4n) is 6.36. The molecule has 0 saturated carbocycles. The van der Waals surface area contributed by atoms with Crippen LogP contribution in [0, 0.1) is 25.6 Å². The minimum atomic E-state index is -1.02. The molecule has 11 heteroatoms. The Morgan fingerprint density at radius 2 is 1.72 bits per heavy atom. The van der Waals surface area contributed by atoms with Gasteiger partial charge in [0.25, 0.3) is 0 Å². The van der Waals surface area contributed by atoms with Gasteiger partial charge in [0.1, 0.15) is 17.5 Å². The van der Waals surface area contributed by atoms with Crippen LogP contribution < -0.4 is 15.4 Å². The number of carbonyl (C=O) groups is 4. The second-order valence-electron chi connectivity index (χ2n) is 12.2. The van der Waals surface area contributed by atoms with Gasteiger partial charge < -0.3 is 20.3 Å². The van der Waals surface area contributed by atoms with Crippen molar-refractivity contribution in [3.05, 3.63) is 71.0 Å². The zero-order chi connectivity index (χ0) is 33.3. The van der Waals surface area contributed by atoms with Crippen molar-refractivity contribution in [1.82, 2.24) is 20.0 Å². The minimum absolute atomic E-state index is 0.00155. The van der Waals surface area contributed by atoms with E-state index in [9.17, 15) is 19.2 Å². The number of methoxy groups -OCH3 is 1. The number of imide groups is 1. The second kappa shape index (κ2) is 13.3. The number of anilines is 1. The average molecular weight is 630 g/mol.